The highest BCUT2D eigenvalue weighted by Gasteiger charge is 2.18. The highest BCUT2D eigenvalue weighted by atomic mass is 19.1. The van der Waals surface area contributed by atoms with Gasteiger partial charge in [0.25, 0.3) is 5.91 Å². The van der Waals surface area contributed by atoms with E-state index < -0.39 is 0 Å². The molecule has 4 rings (SSSR count). The van der Waals surface area contributed by atoms with Gasteiger partial charge in [0.15, 0.2) is 5.76 Å². The molecule has 5 nitrogen and oxygen atoms in total. The first-order chi connectivity index (χ1) is 13.1. The summed E-state index contributed by atoms with van der Waals surface area (Å²) in [6.45, 7) is 0.869. The van der Waals surface area contributed by atoms with Crippen LogP contribution in [0.15, 0.2) is 71.3 Å². The molecule has 0 bridgehead atoms. The van der Waals surface area contributed by atoms with Crippen LogP contribution in [0.5, 0.6) is 0 Å². The minimum atomic E-state index is -0.266. The summed E-state index contributed by atoms with van der Waals surface area (Å²) in [6.07, 6.45) is 1.48. The molecule has 2 heterocycles. The van der Waals surface area contributed by atoms with Gasteiger partial charge in [-0.2, -0.15) is 0 Å². The summed E-state index contributed by atoms with van der Waals surface area (Å²) in [7, 11) is 1.71. The molecular formula is C21H18FN3O2. The van der Waals surface area contributed by atoms with Crippen molar-refractivity contribution in [3.63, 3.8) is 0 Å². The first-order valence-electron chi connectivity index (χ1n) is 8.59. The molecule has 4 aromatic rings. The van der Waals surface area contributed by atoms with Gasteiger partial charge in [-0.15, -0.1) is 0 Å². The maximum absolute atomic E-state index is 13.2. The van der Waals surface area contributed by atoms with Crippen LogP contribution in [0.4, 0.5) is 4.39 Å². The van der Waals surface area contributed by atoms with Crippen molar-refractivity contribution in [3.8, 4) is 0 Å². The molecule has 0 unspecified atom stereocenters. The lowest BCUT2D eigenvalue weighted by molar-refractivity contribution is 0.0748. The molecule has 27 heavy (non-hydrogen) atoms. The van der Waals surface area contributed by atoms with E-state index in [1.54, 1.807) is 36.2 Å². The third-order valence-corrected chi connectivity index (χ3v) is 4.44. The minimum Gasteiger partial charge on any atom is -0.459 e. The van der Waals surface area contributed by atoms with Gasteiger partial charge in [0.1, 0.15) is 11.6 Å². The van der Waals surface area contributed by atoms with Crippen LogP contribution in [0.3, 0.4) is 0 Å². The summed E-state index contributed by atoms with van der Waals surface area (Å²) in [5.41, 5.74) is 2.78. The van der Waals surface area contributed by atoms with E-state index in [-0.39, 0.29) is 11.7 Å². The Morgan fingerprint density at radius 3 is 2.63 bits per heavy atom. The van der Waals surface area contributed by atoms with Gasteiger partial charge in [-0.25, -0.2) is 9.37 Å². The Kier molecular flexibility index (Phi) is 4.46. The van der Waals surface area contributed by atoms with Gasteiger partial charge < -0.3 is 13.9 Å². The summed E-state index contributed by atoms with van der Waals surface area (Å²) >= 11 is 0. The number of para-hydroxylation sites is 2. The number of amides is 1. The average molecular weight is 363 g/mol. The van der Waals surface area contributed by atoms with Gasteiger partial charge >= 0.3 is 0 Å². The Morgan fingerprint density at radius 1 is 1.11 bits per heavy atom. The largest absolute Gasteiger partial charge is 0.459 e. The van der Waals surface area contributed by atoms with Crippen LogP contribution in [0.1, 0.15) is 21.9 Å². The number of fused-ring (bicyclic) bond motifs is 1. The number of carbonyl (C=O) groups is 1. The van der Waals surface area contributed by atoms with E-state index in [0.717, 1.165) is 22.4 Å². The second-order valence-electron chi connectivity index (χ2n) is 6.37. The third-order valence-electron chi connectivity index (χ3n) is 4.44. The normalized spacial score (nSPS) is 11.0. The molecule has 2 aromatic heterocycles. The average Bonchev–Trinajstić information content (AvgIpc) is 3.32. The van der Waals surface area contributed by atoms with Crippen molar-refractivity contribution < 1.29 is 13.6 Å². The lowest BCUT2D eigenvalue weighted by Crippen LogP contribution is -2.27. The molecule has 0 saturated carbocycles. The number of rotatable bonds is 5. The monoisotopic (exact) mass is 363 g/mol. The molecule has 0 aliphatic rings. The Labute approximate surface area is 155 Å². The zero-order valence-corrected chi connectivity index (χ0v) is 14.8. The Balaban J connectivity index is 1.67. The number of furan rings is 1. The molecule has 6 heteroatoms. The predicted molar refractivity (Wildman–Crippen MR) is 99.7 cm³/mol. The summed E-state index contributed by atoms with van der Waals surface area (Å²) in [5.74, 6) is 0.570. The number of hydrogen-bond acceptors (Lipinski definition) is 3. The van der Waals surface area contributed by atoms with E-state index in [2.05, 4.69) is 4.57 Å². The summed E-state index contributed by atoms with van der Waals surface area (Å²) < 4.78 is 20.5. The van der Waals surface area contributed by atoms with Gasteiger partial charge in [0.05, 0.1) is 23.8 Å². The molecule has 0 aliphatic heterocycles. The first kappa shape index (κ1) is 17.0. The van der Waals surface area contributed by atoms with Crippen molar-refractivity contribution in [1.29, 1.82) is 0 Å². The van der Waals surface area contributed by atoms with Crippen molar-refractivity contribution in [3.05, 3.63) is 89.9 Å². The lowest BCUT2D eigenvalue weighted by Gasteiger charge is -2.17. The molecule has 0 spiro atoms. The van der Waals surface area contributed by atoms with Crippen molar-refractivity contribution in [2.75, 3.05) is 7.05 Å². The number of halogens is 1. The SMILES string of the molecule is CN(Cc1nc2ccccc2n1Cc1ccc(F)cc1)C(=O)c1ccco1. The van der Waals surface area contributed by atoms with Gasteiger partial charge in [-0.3, -0.25) is 4.79 Å². The Bertz CT molecular complexity index is 1070. The maximum atomic E-state index is 13.2. The molecule has 0 radical (unpaired) electrons. The molecule has 0 atom stereocenters. The fraction of sp³-hybridized carbons (Fsp3) is 0.143. The predicted octanol–water partition coefficient (Wildman–Crippen LogP) is 4.09. The van der Waals surface area contributed by atoms with Crippen LogP contribution in [-0.4, -0.2) is 27.4 Å². The van der Waals surface area contributed by atoms with Crippen molar-refractivity contribution >= 4 is 16.9 Å². The van der Waals surface area contributed by atoms with Crippen LogP contribution < -0.4 is 0 Å². The quantitative estimate of drug-likeness (QED) is 0.537. The van der Waals surface area contributed by atoms with Crippen LogP contribution in [-0.2, 0) is 13.1 Å². The van der Waals surface area contributed by atoms with Gasteiger partial charge in [0.2, 0.25) is 0 Å². The highest BCUT2D eigenvalue weighted by molar-refractivity contribution is 5.91. The molecule has 1 amide bonds. The Morgan fingerprint density at radius 2 is 1.89 bits per heavy atom. The lowest BCUT2D eigenvalue weighted by atomic mass is 10.2. The molecular weight excluding hydrogens is 345 g/mol. The molecule has 0 fully saturated rings. The smallest absolute Gasteiger partial charge is 0.289 e. The summed E-state index contributed by atoms with van der Waals surface area (Å²) in [6, 6.07) is 17.5. The molecule has 136 valence electrons. The van der Waals surface area contributed by atoms with E-state index in [1.807, 2.05) is 24.3 Å². The molecule has 0 saturated heterocycles. The van der Waals surface area contributed by atoms with Crippen molar-refractivity contribution in [2.45, 2.75) is 13.1 Å². The van der Waals surface area contributed by atoms with Crippen LogP contribution in [0.25, 0.3) is 11.0 Å². The fourth-order valence-corrected chi connectivity index (χ4v) is 3.07. The second-order valence-corrected chi connectivity index (χ2v) is 6.37. The van der Waals surface area contributed by atoms with Gasteiger partial charge in [-0.1, -0.05) is 24.3 Å². The van der Waals surface area contributed by atoms with E-state index >= 15 is 0 Å². The third kappa shape index (κ3) is 3.46. The zero-order chi connectivity index (χ0) is 18.8. The standard InChI is InChI=1S/C21H18FN3O2/c1-24(21(26)19-7-4-12-27-19)14-20-23-17-5-2-3-6-18(17)25(20)13-15-8-10-16(22)11-9-15/h2-12H,13-14H2,1H3. The first-order valence-corrected chi connectivity index (χ1v) is 8.59. The minimum absolute atomic E-state index is 0.208. The number of benzene rings is 2. The molecule has 2 aromatic carbocycles. The van der Waals surface area contributed by atoms with Gasteiger partial charge in [0, 0.05) is 13.6 Å². The van der Waals surface area contributed by atoms with E-state index in [4.69, 9.17) is 9.40 Å². The molecule has 0 aliphatic carbocycles. The second kappa shape index (κ2) is 7.07. The number of nitrogens with zero attached hydrogens (tertiary/aromatic N) is 3. The summed E-state index contributed by atoms with van der Waals surface area (Å²) in [5, 5.41) is 0. The number of aromatic nitrogens is 2. The van der Waals surface area contributed by atoms with Crippen LogP contribution >= 0.6 is 0 Å². The zero-order valence-electron chi connectivity index (χ0n) is 14.8. The van der Waals surface area contributed by atoms with Gasteiger partial charge in [-0.05, 0) is 42.0 Å². The van der Waals surface area contributed by atoms with Crippen molar-refractivity contribution in [1.82, 2.24) is 14.5 Å². The number of imidazole rings is 1. The summed E-state index contributed by atoms with van der Waals surface area (Å²) in [4.78, 5) is 18.8. The fourth-order valence-electron chi connectivity index (χ4n) is 3.07. The van der Waals surface area contributed by atoms with E-state index in [0.29, 0.717) is 18.8 Å². The number of carbonyl (C=O) groups excluding carboxylic acids is 1. The van der Waals surface area contributed by atoms with Crippen LogP contribution in [0, 0.1) is 5.82 Å². The maximum Gasteiger partial charge on any atom is 0.289 e. The van der Waals surface area contributed by atoms with E-state index in [1.165, 1.54) is 18.4 Å². The number of hydrogen-bond donors (Lipinski definition) is 0. The van der Waals surface area contributed by atoms with Crippen molar-refractivity contribution in [2.24, 2.45) is 0 Å². The van der Waals surface area contributed by atoms with Crippen LogP contribution in [0.2, 0.25) is 0 Å². The molecule has 0 N–H and O–H groups in total. The topological polar surface area (TPSA) is 51.3 Å². The Hall–Kier alpha value is -3.41. The van der Waals surface area contributed by atoms with E-state index in [9.17, 15) is 9.18 Å². The highest BCUT2D eigenvalue weighted by Crippen LogP contribution is 2.20.